The second kappa shape index (κ2) is 7.70. The Morgan fingerprint density at radius 1 is 1.31 bits per heavy atom. The van der Waals surface area contributed by atoms with Crippen molar-refractivity contribution >= 4 is 17.4 Å². The number of hydrogen-bond donors (Lipinski definition) is 4. The number of carbonyl (C=O) groups is 1. The van der Waals surface area contributed by atoms with Crippen LogP contribution in [0, 0.1) is 34.5 Å². The second-order valence-electron chi connectivity index (χ2n) is 10.6. The molecule has 0 amide bonds. The van der Waals surface area contributed by atoms with E-state index in [9.17, 15) is 25.4 Å². The van der Waals surface area contributed by atoms with E-state index >= 15 is 0 Å². The van der Waals surface area contributed by atoms with Gasteiger partial charge in [-0.3, -0.25) is 4.79 Å². The molecule has 8 nitrogen and oxygen atoms in total. The Kier molecular flexibility index (Phi) is 5.53. The zero-order valence-corrected chi connectivity index (χ0v) is 19.2. The fourth-order valence-electron chi connectivity index (χ4n) is 7.70. The number of carbonyl (C=O) groups excluding carboxylic acids is 1. The molecular formula is C24H34N2O6. The molecule has 4 rings (SSSR count). The summed E-state index contributed by atoms with van der Waals surface area (Å²) in [6.07, 6.45) is 7.42. The first-order chi connectivity index (χ1) is 15.0. The lowest BCUT2D eigenvalue weighted by molar-refractivity contribution is -0.150. The van der Waals surface area contributed by atoms with Crippen LogP contribution in [0.1, 0.15) is 53.4 Å². The zero-order valence-electron chi connectivity index (χ0n) is 19.2. The Bertz CT molecular complexity index is 925. The standard InChI is InChI=1S/C24H34N2O6/c1-13-9-16-17-6-8-24(29,20(26-31)12-32-14(2)27)23(17,4)11-19(28)21(16)22(3)7-5-15(25-30)10-18(13)22/h5,7,10,13,16-17,19,21,28-31H,6,8-9,11-12H2,1-4H3/b25-15+,26-20+/t13-,16?,17-,19?,21+,22-,23-,24-/m0/s1. The third kappa shape index (κ3) is 3.06. The predicted molar refractivity (Wildman–Crippen MR) is 118 cm³/mol. The topological polar surface area (TPSA) is 132 Å². The van der Waals surface area contributed by atoms with Gasteiger partial charge >= 0.3 is 5.97 Å². The predicted octanol–water partition coefficient (Wildman–Crippen LogP) is 2.90. The number of oxime groups is 2. The van der Waals surface area contributed by atoms with Gasteiger partial charge < -0.3 is 25.4 Å². The summed E-state index contributed by atoms with van der Waals surface area (Å²) in [5.74, 6) is -0.0672. The molecule has 4 aliphatic carbocycles. The van der Waals surface area contributed by atoms with E-state index < -0.39 is 23.1 Å². The molecule has 2 unspecified atom stereocenters. The van der Waals surface area contributed by atoms with Gasteiger partial charge in [0.1, 0.15) is 23.6 Å². The fourth-order valence-corrected chi connectivity index (χ4v) is 7.70. The van der Waals surface area contributed by atoms with E-state index in [1.807, 2.05) is 13.0 Å². The summed E-state index contributed by atoms with van der Waals surface area (Å²) in [4.78, 5) is 11.3. The molecule has 0 heterocycles. The van der Waals surface area contributed by atoms with E-state index in [0.29, 0.717) is 18.6 Å². The van der Waals surface area contributed by atoms with Gasteiger partial charge in [-0.05, 0) is 55.6 Å². The lowest BCUT2D eigenvalue weighted by Gasteiger charge is -2.61. The van der Waals surface area contributed by atoms with Crippen LogP contribution >= 0.6 is 0 Å². The number of fused-ring (bicyclic) bond motifs is 5. The maximum absolute atomic E-state index is 11.8. The van der Waals surface area contributed by atoms with Crippen LogP contribution in [0.3, 0.4) is 0 Å². The van der Waals surface area contributed by atoms with Crippen molar-refractivity contribution in [3.63, 3.8) is 0 Å². The average molecular weight is 447 g/mol. The van der Waals surface area contributed by atoms with Crippen molar-refractivity contribution in [3.8, 4) is 0 Å². The van der Waals surface area contributed by atoms with Gasteiger partial charge in [-0.2, -0.15) is 0 Å². The first-order valence-corrected chi connectivity index (χ1v) is 11.4. The third-order valence-electron chi connectivity index (χ3n) is 9.11. The molecule has 3 saturated carbocycles. The molecule has 4 N–H and O–H groups in total. The van der Waals surface area contributed by atoms with E-state index in [-0.39, 0.29) is 41.4 Å². The normalized spacial score (nSPS) is 46.8. The van der Waals surface area contributed by atoms with Crippen LogP contribution in [0.25, 0.3) is 0 Å². The highest BCUT2D eigenvalue weighted by molar-refractivity contribution is 6.05. The molecule has 0 aromatic rings. The van der Waals surface area contributed by atoms with Gasteiger partial charge in [0.05, 0.1) is 6.10 Å². The number of nitrogens with zero attached hydrogens (tertiary/aromatic N) is 2. The van der Waals surface area contributed by atoms with E-state index in [2.05, 4.69) is 30.2 Å². The van der Waals surface area contributed by atoms with Crippen molar-refractivity contribution in [1.82, 2.24) is 0 Å². The minimum absolute atomic E-state index is 0.0372. The molecule has 0 spiro atoms. The molecule has 0 bridgehead atoms. The molecule has 0 radical (unpaired) electrons. The number of rotatable bonds is 3. The molecule has 8 heteroatoms. The third-order valence-corrected chi connectivity index (χ3v) is 9.11. The molecule has 176 valence electrons. The van der Waals surface area contributed by atoms with Crippen LogP contribution in [0.5, 0.6) is 0 Å². The fraction of sp³-hybridized carbons (Fsp3) is 0.708. The molecule has 32 heavy (non-hydrogen) atoms. The zero-order chi connectivity index (χ0) is 23.5. The summed E-state index contributed by atoms with van der Waals surface area (Å²) < 4.78 is 5.05. The van der Waals surface area contributed by atoms with E-state index in [1.54, 1.807) is 6.08 Å². The van der Waals surface area contributed by atoms with E-state index in [1.165, 1.54) is 6.92 Å². The molecule has 4 aliphatic rings. The maximum Gasteiger partial charge on any atom is 0.303 e. The van der Waals surface area contributed by atoms with Gasteiger partial charge in [-0.1, -0.05) is 42.7 Å². The van der Waals surface area contributed by atoms with Crippen molar-refractivity contribution < 1.29 is 30.2 Å². The van der Waals surface area contributed by atoms with Crippen molar-refractivity contribution in [2.75, 3.05) is 6.61 Å². The monoisotopic (exact) mass is 446 g/mol. The Balaban J connectivity index is 1.72. The first kappa shape index (κ1) is 23.0. The van der Waals surface area contributed by atoms with Crippen LogP contribution < -0.4 is 0 Å². The molecule has 0 aliphatic heterocycles. The van der Waals surface area contributed by atoms with Gasteiger partial charge in [0.15, 0.2) is 0 Å². The quantitative estimate of drug-likeness (QED) is 0.228. The molecular weight excluding hydrogens is 412 g/mol. The first-order valence-electron chi connectivity index (χ1n) is 11.4. The highest BCUT2D eigenvalue weighted by Gasteiger charge is 2.68. The van der Waals surface area contributed by atoms with Gasteiger partial charge in [-0.15, -0.1) is 0 Å². The number of allylic oxidation sites excluding steroid dienone is 4. The molecule has 0 aromatic heterocycles. The number of ether oxygens (including phenoxy) is 1. The van der Waals surface area contributed by atoms with Crippen molar-refractivity contribution in [2.45, 2.75) is 65.1 Å². The number of hydrogen-bond acceptors (Lipinski definition) is 8. The van der Waals surface area contributed by atoms with Gasteiger partial charge in [0, 0.05) is 23.7 Å². The van der Waals surface area contributed by atoms with Crippen LogP contribution in [0.4, 0.5) is 0 Å². The number of aliphatic hydroxyl groups excluding tert-OH is 1. The summed E-state index contributed by atoms with van der Waals surface area (Å²) >= 11 is 0. The SMILES string of the molecule is CC(=O)OC/C(=N\O)[C@@]1(O)CC[C@H]2C3C[C@H](C)C4=C/C(=N/O)C=C[C@]4(C)[C@H]3C(O)C[C@@]21C. The smallest absolute Gasteiger partial charge is 0.303 e. The van der Waals surface area contributed by atoms with Gasteiger partial charge in [0.2, 0.25) is 0 Å². The van der Waals surface area contributed by atoms with Crippen LogP contribution in [0.15, 0.2) is 34.1 Å². The minimum atomic E-state index is -1.47. The lowest BCUT2D eigenvalue weighted by atomic mass is 9.44. The average Bonchev–Trinajstić information content (AvgIpc) is 2.99. The van der Waals surface area contributed by atoms with Crippen molar-refractivity contribution in [1.29, 1.82) is 0 Å². The Morgan fingerprint density at radius 2 is 2.03 bits per heavy atom. The summed E-state index contributed by atoms with van der Waals surface area (Å²) in [6, 6.07) is 0. The highest BCUT2D eigenvalue weighted by atomic mass is 16.5. The van der Waals surface area contributed by atoms with E-state index in [0.717, 1.165) is 18.4 Å². The largest absolute Gasteiger partial charge is 0.459 e. The second-order valence-corrected chi connectivity index (χ2v) is 10.6. The minimum Gasteiger partial charge on any atom is -0.459 e. The molecule has 0 aromatic carbocycles. The Morgan fingerprint density at radius 3 is 2.66 bits per heavy atom. The summed E-state index contributed by atoms with van der Waals surface area (Å²) in [6.45, 7) is 7.27. The molecule has 0 saturated heterocycles. The number of aliphatic hydroxyl groups is 2. The Hall–Kier alpha value is -2.19. The summed E-state index contributed by atoms with van der Waals surface area (Å²) in [5, 5.41) is 48.9. The van der Waals surface area contributed by atoms with Gasteiger partial charge in [0.25, 0.3) is 0 Å². The van der Waals surface area contributed by atoms with Crippen LogP contribution in [-0.2, 0) is 9.53 Å². The highest BCUT2D eigenvalue weighted by Crippen LogP contribution is 2.67. The van der Waals surface area contributed by atoms with Crippen molar-refractivity contribution in [2.24, 2.45) is 44.8 Å². The maximum atomic E-state index is 11.8. The van der Waals surface area contributed by atoms with Crippen LogP contribution in [0.2, 0.25) is 0 Å². The number of esters is 1. The summed E-state index contributed by atoms with van der Waals surface area (Å²) in [5.41, 5.74) is -0.834. The summed E-state index contributed by atoms with van der Waals surface area (Å²) in [7, 11) is 0. The molecule has 3 fully saturated rings. The van der Waals surface area contributed by atoms with E-state index in [4.69, 9.17) is 4.74 Å². The Labute approximate surface area is 188 Å². The lowest BCUT2D eigenvalue weighted by Crippen LogP contribution is -2.62. The van der Waals surface area contributed by atoms with Crippen LogP contribution in [-0.4, -0.2) is 56.3 Å². The van der Waals surface area contributed by atoms with Gasteiger partial charge in [-0.25, -0.2) is 0 Å². The van der Waals surface area contributed by atoms with Crippen molar-refractivity contribution in [3.05, 3.63) is 23.8 Å². The molecule has 8 atom stereocenters.